The molecule has 2 aromatic carbocycles. The number of hydrogen-bond acceptors (Lipinski definition) is 2. The molecule has 3 rings (SSSR count). The average Bonchev–Trinajstić information content (AvgIpc) is 2.97. The molecule has 20 heavy (non-hydrogen) atoms. The van der Waals surface area contributed by atoms with Gasteiger partial charge in [-0.15, -0.1) is 0 Å². The van der Waals surface area contributed by atoms with E-state index in [2.05, 4.69) is 11.1 Å². The number of benzene rings is 2. The summed E-state index contributed by atoms with van der Waals surface area (Å²) in [5, 5.41) is 9.67. The van der Waals surface area contributed by atoms with Crippen LogP contribution in [0.25, 0.3) is 23.0 Å². The first-order valence-electron chi connectivity index (χ1n) is 6.26. The lowest BCUT2D eigenvalue weighted by Gasteiger charge is -2.03. The Morgan fingerprint density at radius 3 is 2.70 bits per heavy atom. The number of amidine groups is 1. The maximum Gasteiger partial charge on any atom is 0.122 e. The summed E-state index contributed by atoms with van der Waals surface area (Å²) in [6.07, 6.45) is 9.36. The number of hydrogen-bond donors (Lipinski definition) is 2. The van der Waals surface area contributed by atoms with Gasteiger partial charge in [0.1, 0.15) is 5.84 Å². The summed E-state index contributed by atoms with van der Waals surface area (Å²) >= 11 is 0. The number of nitrogens with two attached hydrogens (primary N) is 1. The molecule has 0 saturated carbocycles. The Morgan fingerprint density at radius 2 is 1.95 bits per heavy atom. The molecule has 1 aromatic heterocycles. The maximum absolute atomic E-state index is 7.46. The summed E-state index contributed by atoms with van der Waals surface area (Å²) in [6, 6.07) is 12.0. The molecule has 0 aliphatic heterocycles. The van der Waals surface area contributed by atoms with Crippen molar-refractivity contribution in [2.24, 2.45) is 5.73 Å². The van der Waals surface area contributed by atoms with Crippen molar-refractivity contribution >= 4 is 28.9 Å². The zero-order valence-corrected chi connectivity index (χ0v) is 10.8. The molecular weight excluding hydrogens is 248 g/mol. The summed E-state index contributed by atoms with van der Waals surface area (Å²) in [7, 11) is 0. The molecule has 3 N–H and O–H groups in total. The van der Waals surface area contributed by atoms with E-state index >= 15 is 0 Å². The van der Waals surface area contributed by atoms with Gasteiger partial charge in [-0.3, -0.25) is 5.41 Å². The molecule has 0 atom stereocenters. The smallest absolute Gasteiger partial charge is 0.122 e. The lowest BCUT2D eigenvalue weighted by molar-refractivity contribution is 1.14. The van der Waals surface area contributed by atoms with Crippen molar-refractivity contribution in [3.05, 3.63) is 66.2 Å². The number of aromatic nitrogens is 2. The average molecular weight is 262 g/mol. The topological polar surface area (TPSA) is 67.7 Å². The molecule has 0 saturated heterocycles. The fourth-order valence-corrected chi connectivity index (χ4v) is 2.07. The highest BCUT2D eigenvalue weighted by atomic mass is 15.0. The van der Waals surface area contributed by atoms with Crippen molar-refractivity contribution < 1.29 is 0 Å². The van der Waals surface area contributed by atoms with Crippen LogP contribution in [0.2, 0.25) is 0 Å². The molecule has 3 aromatic rings. The SMILES string of the molecule is N=C(N)c1ccc2cc(C=Cn3ccnc3)ccc2c1. The van der Waals surface area contributed by atoms with Crippen LogP contribution in [-0.2, 0) is 0 Å². The second-order valence-corrected chi connectivity index (χ2v) is 4.56. The summed E-state index contributed by atoms with van der Waals surface area (Å²) in [5.41, 5.74) is 7.36. The summed E-state index contributed by atoms with van der Waals surface area (Å²) < 4.78 is 1.89. The quantitative estimate of drug-likeness (QED) is 0.563. The van der Waals surface area contributed by atoms with E-state index in [1.54, 1.807) is 12.5 Å². The highest BCUT2D eigenvalue weighted by molar-refractivity contribution is 5.99. The van der Waals surface area contributed by atoms with E-state index in [1.165, 1.54) is 0 Å². The van der Waals surface area contributed by atoms with E-state index in [0.717, 1.165) is 21.9 Å². The van der Waals surface area contributed by atoms with Crippen molar-refractivity contribution in [1.29, 1.82) is 5.41 Å². The molecule has 4 heteroatoms. The monoisotopic (exact) mass is 262 g/mol. The Balaban J connectivity index is 1.95. The molecule has 0 spiro atoms. The van der Waals surface area contributed by atoms with Gasteiger partial charge < -0.3 is 10.3 Å². The van der Waals surface area contributed by atoms with E-state index < -0.39 is 0 Å². The second kappa shape index (κ2) is 5.01. The predicted octanol–water partition coefficient (Wildman–Crippen LogP) is 2.95. The zero-order chi connectivity index (χ0) is 13.9. The maximum atomic E-state index is 7.46. The van der Waals surface area contributed by atoms with E-state index in [4.69, 9.17) is 11.1 Å². The lowest BCUT2D eigenvalue weighted by atomic mass is 10.0. The minimum absolute atomic E-state index is 0.0935. The van der Waals surface area contributed by atoms with Gasteiger partial charge in [0.05, 0.1) is 6.33 Å². The molecule has 0 amide bonds. The van der Waals surface area contributed by atoms with Crippen molar-refractivity contribution in [3.8, 4) is 0 Å². The van der Waals surface area contributed by atoms with Crippen LogP contribution >= 0.6 is 0 Å². The van der Waals surface area contributed by atoms with Gasteiger partial charge in [0, 0.05) is 24.2 Å². The van der Waals surface area contributed by atoms with Crippen LogP contribution in [-0.4, -0.2) is 15.4 Å². The fourth-order valence-electron chi connectivity index (χ4n) is 2.07. The van der Waals surface area contributed by atoms with Crippen LogP contribution < -0.4 is 5.73 Å². The normalized spacial score (nSPS) is 11.2. The minimum Gasteiger partial charge on any atom is -0.384 e. The van der Waals surface area contributed by atoms with Crippen LogP contribution in [0.3, 0.4) is 0 Å². The third-order valence-corrected chi connectivity index (χ3v) is 3.14. The predicted molar refractivity (Wildman–Crippen MR) is 82.4 cm³/mol. The van der Waals surface area contributed by atoms with Crippen molar-refractivity contribution in [3.63, 3.8) is 0 Å². The largest absolute Gasteiger partial charge is 0.384 e. The number of nitrogen functional groups attached to an aromatic ring is 1. The van der Waals surface area contributed by atoms with Gasteiger partial charge in [0.2, 0.25) is 0 Å². The van der Waals surface area contributed by atoms with Gasteiger partial charge in [0.25, 0.3) is 0 Å². The third kappa shape index (κ3) is 2.44. The molecule has 98 valence electrons. The molecule has 1 heterocycles. The number of imidazole rings is 1. The molecule has 0 bridgehead atoms. The van der Waals surface area contributed by atoms with Gasteiger partial charge in [-0.25, -0.2) is 4.98 Å². The molecule has 0 aliphatic carbocycles. The van der Waals surface area contributed by atoms with E-state index in [0.29, 0.717) is 0 Å². The molecule has 0 unspecified atom stereocenters. The summed E-state index contributed by atoms with van der Waals surface area (Å²) in [5.74, 6) is 0.0935. The van der Waals surface area contributed by atoms with Gasteiger partial charge in [-0.05, 0) is 34.5 Å². The van der Waals surface area contributed by atoms with Crippen molar-refractivity contribution in [2.75, 3.05) is 0 Å². The molecular formula is C16H14N4. The van der Waals surface area contributed by atoms with Crippen LogP contribution in [0.1, 0.15) is 11.1 Å². The fraction of sp³-hybridized carbons (Fsp3) is 0. The zero-order valence-electron chi connectivity index (χ0n) is 10.8. The highest BCUT2D eigenvalue weighted by Crippen LogP contribution is 2.18. The Bertz CT molecular complexity index is 785. The Kier molecular flexibility index (Phi) is 3.05. The molecule has 0 fully saturated rings. The highest BCUT2D eigenvalue weighted by Gasteiger charge is 1.99. The standard InChI is InChI=1S/C16H14N4/c17-16(18)15-4-3-13-9-12(1-2-14(13)10-15)5-7-20-8-6-19-11-20/h1-11H,(H3,17,18). The van der Waals surface area contributed by atoms with Crippen molar-refractivity contribution in [1.82, 2.24) is 9.55 Å². The van der Waals surface area contributed by atoms with E-state index in [9.17, 15) is 0 Å². The third-order valence-electron chi connectivity index (χ3n) is 3.14. The first kappa shape index (κ1) is 12.2. The summed E-state index contributed by atoms with van der Waals surface area (Å²) in [6.45, 7) is 0. The number of rotatable bonds is 3. The number of nitrogens with one attached hydrogen (secondary N) is 1. The van der Waals surface area contributed by atoms with Gasteiger partial charge in [-0.1, -0.05) is 24.3 Å². The van der Waals surface area contributed by atoms with Gasteiger partial charge >= 0.3 is 0 Å². The van der Waals surface area contributed by atoms with E-state index in [1.807, 2.05) is 53.4 Å². The lowest BCUT2D eigenvalue weighted by Crippen LogP contribution is -2.10. The minimum atomic E-state index is 0.0935. The molecule has 0 aliphatic rings. The molecule has 4 nitrogen and oxygen atoms in total. The van der Waals surface area contributed by atoms with E-state index in [-0.39, 0.29) is 5.84 Å². The Hall–Kier alpha value is -2.88. The number of fused-ring (bicyclic) bond motifs is 1. The second-order valence-electron chi connectivity index (χ2n) is 4.56. The Morgan fingerprint density at radius 1 is 1.15 bits per heavy atom. The Labute approximate surface area is 116 Å². The van der Waals surface area contributed by atoms with Gasteiger partial charge in [-0.2, -0.15) is 0 Å². The van der Waals surface area contributed by atoms with Crippen LogP contribution in [0, 0.1) is 5.41 Å². The first-order valence-corrected chi connectivity index (χ1v) is 6.26. The summed E-state index contributed by atoms with van der Waals surface area (Å²) in [4.78, 5) is 3.99. The first-order chi connectivity index (χ1) is 9.72. The van der Waals surface area contributed by atoms with Gasteiger partial charge in [0.15, 0.2) is 0 Å². The van der Waals surface area contributed by atoms with Crippen LogP contribution in [0.4, 0.5) is 0 Å². The number of nitrogens with zero attached hydrogens (tertiary/aromatic N) is 2. The molecule has 0 radical (unpaired) electrons. The van der Waals surface area contributed by atoms with Crippen molar-refractivity contribution in [2.45, 2.75) is 0 Å². The van der Waals surface area contributed by atoms with Crippen LogP contribution in [0.15, 0.2) is 55.1 Å². The van der Waals surface area contributed by atoms with Crippen LogP contribution in [0.5, 0.6) is 0 Å².